The van der Waals surface area contributed by atoms with Gasteiger partial charge in [-0.25, -0.2) is 4.79 Å². The Bertz CT molecular complexity index is 723. The first-order valence-electron chi connectivity index (χ1n) is 10.5. The van der Waals surface area contributed by atoms with E-state index in [9.17, 15) is 24.0 Å². The summed E-state index contributed by atoms with van der Waals surface area (Å²) in [5.74, 6) is -4.64. The van der Waals surface area contributed by atoms with Gasteiger partial charge in [-0.3, -0.25) is 24.2 Å². The Labute approximate surface area is 191 Å². The largest absolute Gasteiger partial charge is 0.481 e. The fourth-order valence-electron chi connectivity index (χ4n) is 2.69. The monoisotopic (exact) mass is 473 g/mol. The summed E-state index contributed by atoms with van der Waals surface area (Å²) >= 11 is 0. The Balaban J connectivity index is 4.80. The summed E-state index contributed by atoms with van der Waals surface area (Å²) in [5, 5.41) is 24.8. The zero-order chi connectivity index (χ0) is 25.6. The van der Waals surface area contributed by atoms with E-state index in [0.717, 1.165) is 0 Å². The maximum atomic E-state index is 12.5. The Kier molecular flexibility index (Phi) is 13.8. The molecule has 0 rings (SSSR count). The highest BCUT2D eigenvalue weighted by atomic mass is 16.4. The fourth-order valence-corrected chi connectivity index (χ4v) is 2.69. The molecule has 11 N–H and O–H groups in total. The van der Waals surface area contributed by atoms with Crippen molar-refractivity contribution >= 4 is 35.6 Å². The van der Waals surface area contributed by atoms with Gasteiger partial charge in [0.05, 0.1) is 12.6 Å². The Morgan fingerprint density at radius 1 is 0.939 bits per heavy atom. The number of nitrogens with one attached hydrogen (secondary N) is 3. The van der Waals surface area contributed by atoms with Crippen molar-refractivity contribution in [1.29, 1.82) is 0 Å². The molecule has 3 atom stereocenters. The van der Waals surface area contributed by atoms with Crippen LogP contribution in [0.3, 0.4) is 0 Å². The second-order valence-corrected chi connectivity index (χ2v) is 7.85. The lowest BCUT2D eigenvalue weighted by Gasteiger charge is -2.22. The zero-order valence-electron chi connectivity index (χ0n) is 18.9. The van der Waals surface area contributed by atoms with E-state index >= 15 is 0 Å². The molecule has 0 fully saturated rings. The summed E-state index contributed by atoms with van der Waals surface area (Å²) in [7, 11) is 0. The number of carbonyl (C=O) groups is 5. The third-order valence-corrected chi connectivity index (χ3v) is 4.35. The van der Waals surface area contributed by atoms with Crippen LogP contribution in [-0.4, -0.2) is 77.0 Å². The number of aliphatic carboxylic acids is 2. The first-order valence-corrected chi connectivity index (χ1v) is 10.5. The number of nitrogens with two attached hydrogens (primary N) is 3. The number of aliphatic imine (C=N–C) groups is 1. The minimum atomic E-state index is -1.41. The molecule has 0 aliphatic heterocycles. The van der Waals surface area contributed by atoms with E-state index in [0.29, 0.717) is 13.0 Å². The summed E-state index contributed by atoms with van der Waals surface area (Å²) in [6.45, 7) is 3.44. The third kappa shape index (κ3) is 14.3. The SMILES string of the molecule is CC(C)CC(NC(=O)C(N)CCCN=C(N)N)C(=O)NCC(=O)NC(CCC(=O)O)C(=O)O. The number of carboxylic acids is 2. The van der Waals surface area contributed by atoms with Crippen LogP contribution >= 0.6 is 0 Å². The summed E-state index contributed by atoms with van der Waals surface area (Å²) in [5.41, 5.74) is 16.3. The van der Waals surface area contributed by atoms with Gasteiger partial charge in [0.25, 0.3) is 0 Å². The van der Waals surface area contributed by atoms with E-state index in [-0.39, 0.29) is 31.1 Å². The molecular formula is C19H35N7O7. The van der Waals surface area contributed by atoms with Gasteiger partial charge in [0, 0.05) is 13.0 Å². The lowest BCUT2D eigenvalue weighted by molar-refractivity contribution is -0.143. The van der Waals surface area contributed by atoms with Crippen LogP contribution in [0.4, 0.5) is 0 Å². The van der Waals surface area contributed by atoms with Crippen LogP contribution < -0.4 is 33.2 Å². The minimum absolute atomic E-state index is 0.0281. The maximum Gasteiger partial charge on any atom is 0.326 e. The zero-order valence-corrected chi connectivity index (χ0v) is 18.9. The van der Waals surface area contributed by atoms with Gasteiger partial charge >= 0.3 is 11.9 Å². The van der Waals surface area contributed by atoms with Crippen molar-refractivity contribution in [3.05, 3.63) is 0 Å². The summed E-state index contributed by atoms with van der Waals surface area (Å²) in [6.07, 6.45) is 0.264. The lowest BCUT2D eigenvalue weighted by atomic mass is 10.0. The minimum Gasteiger partial charge on any atom is -0.481 e. The molecule has 14 heteroatoms. The standard InChI is InChI=1S/C19H35N7O7/c1-10(2)8-13(26-16(30)11(20)4-3-7-23-19(21)22)17(31)24-9-14(27)25-12(18(32)33)5-6-15(28)29/h10-13H,3-9,20H2,1-2H3,(H,24,31)(H,25,27)(H,26,30)(H,28,29)(H,32,33)(H4,21,22,23). The van der Waals surface area contributed by atoms with Gasteiger partial charge in [-0.2, -0.15) is 0 Å². The summed E-state index contributed by atoms with van der Waals surface area (Å²) in [6, 6.07) is -3.26. The summed E-state index contributed by atoms with van der Waals surface area (Å²) in [4.78, 5) is 62.4. The predicted octanol–water partition coefficient (Wildman–Crippen LogP) is -2.55. The molecule has 33 heavy (non-hydrogen) atoms. The van der Waals surface area contributed by atoms with Crippen LogP contribution in [0, 0.1) is 5.92 Å². The van der Waals surface area contributed by atoms with E-state index in [1.54, 1.807) is 0 Å². The number of guanidine groups is 1. The molecule has 0 heterocycles. The number of hydrogen-bond acceptors (Lipinski definition) is 7. The van der Waals surface area contributed by atoms with E-state index in [1.165, 1.54) is 0 Å². The van der Waals surface area contributed by atoms with Crippen molar-refractivity contribution < 1.29 is 34.2 Å². The number of rotatable bonds is 16. The van der Waals surface area contributed by atoms with E-state index < -0.39 is 60.8 Å². The van der Waals surface area contributed by atoms with E-state index in [4.69, 9.17) is 27.4 Å². The van der Waals surface area contributed by atoms with Crippen LogP contribution in [0.2, 0.25) is 0 Å². The number of carboxylic acid groups (broad SMARTS) is 2. The molecule has 3 amide bonds. The smallest absolute Gasteiger partial charge is 0.326 e. The topological polar surface area (TPSA) is 252 Å². The van der Waals surface area contributed by atoms with Crippen LogP contribution in [0.25, 0.3) is 0 Å². The highest BCUT2D eigenvalue weighted by Crippen LogP contribution is 2.06. The number of hydrogen-bond donors (Lipinski definition) is 8. The molecule has 0 spiro atoms. The Morgan fingerprint density at radius 3 is 2.09 bits per heavy atom. The van der Waals surface area contributed by atoms with Crippen LogP contribution in [-0.2, 0) is 24.0 Å². The van der Waals surface area contributed by atoms with Crippen molar-refractivity contribution in [2.45, 2.75) is 64.1 Å². The third-order valence-electron chi connectivity index (χ3n) is 4.35. The maximum absolute atomic E-state index is 12.5. The molecule has 0 saturated carbocycles. The van der Waals surface area contributed by atoms with Crippen molar-refractivity contribution in [1.82, 2.24) is 16.0 Å². The molecule has 0 bridgehead atoms. The number of carbonyl (C=O) groups excluding carboxylic acids is 3. The molecule has 0 aliphatic carbocycles. The molecule has 14 nitrogen and oxygen atoms in total. The van der Waals surface area contributed by atoms with E-state index in [2.05, 4.69) is 20.9 Å². The molecule has 0 radical (unpaired) electrons. The van der Waals surface area contributed by atoms with Crippen LogP contribution in [0.5, 0.6) is 0 Å². The van der Waals surface area contributed by atoms with Gasteiger partial charge in [-0.15, -0.1) is 0 Å². The normalized spacial score (nSPS) is 13.3. The van der Waals surface area contributed by atoms with Gasteiger partial charge in [0.1, 0.15) is 12.1 Å². The fraction of sp³-hybridized carbons (Fsp3) is 0.684. The molecule has 0 aliphatic rings. The van der Waals surface area contributed by atoms with Gasteiger partial charge in [-0.05, 0) is 31.6 Å². The molecule has 188 valence electrons. The van der Waals surface area contributed by atoms with E-state index in [1.807, 2.05) is 13.8 Å². The lowest BCUT2D eigenvalue weighted by Crippen LogP contribution is -2.53. The van der Waals surface area contributed by atoms with Crippen molar-refractivity contribution in [2.75, 3.05) is 13.1 Å². The van der Waals surface area contributed by atoms with Gasteiger partial charge < -0.3 is 43.4 Å². The average molecular weight is 474 g/mol. The summed E-state index contributed by atoms with van der Waals surface area (Å²) < 4.78 is 0. The Hall–Kier alpha value is -3.42. The van der Waals surface area contributed by atoms with Crippen LogP contribution in [0.15, 0.2) is 4.99 Å². The highest BCUT2D eigenvalue weighted by molar-refractivity contribution is 5.92. The predicted molar refractivity (Wildman–Crippen MR) is 119 cm³/mol. The Morgan fingerprint density at radius 2 is 1.58 bits per heavy atom. The molecule has 0 aromatic heterocycles. The van der Waals surface area contributed by atoms with Gasteiger partial charge in [0.2, 0.25) is 17.7 Å². The quantitative estimate of drug-likeness (QED) is 0.0661. The molecule has 0 aromatic rings. The van der Waals surface area contributed by atoms with Gasteiger partial charge in [-0.1, -0.05) is 13.8 Å². The molecule has 3 unspecified atom stereocenters. The highest BCUT2D eigenvalue weighted by Gasteiger charge is 2.26. The van der Waals surface area contributed by atoms with Crippen molar-refractivity contribution in [3.8, 4) is 0 Å². The number of amides is 3. The molecule has 0 aromatic carbocycles. The first kappa shape index (κ1) is 29.6. The van der Waals surface area contributed by atoms with Gasteiger partial charge in [0.15, 0.2) is 5.96 Å². The molecular weight excluding hydrogens is 438 g/mol. The second-order valence-electron chi connectivity index (χ2n) is 7.85. The molecule has 0 saturated heterocycles. The average Bonchev–Trinajstić information content (AvgIpc) is 2.70. The van der Waals surface area contributed by atoms with Crippen molar-refractivity contribution in [3.63, 3.8) is 0 Å². The van der Waals surface area contributed by atoms with Crippen LogP contribution in [0.1, 0.15) is 46.0 Å². The first-order chi connectivity index (χ1) is 15.3. The van der Waals surface area contributed by atoms with Crippen molar-refractivity contribution in [2.24, 2.45) is 28.1 Å². The second kappa shape index (κ2) is 15.4. The number of nitrogens with zero attached hydrogens (tertiary/aromatic N) is 1.